The van der Waals surface area contributed by atoms with E-state index in [2.05, 4.69) is 38.6 Å². The number of hydrogen-bond acceptors (Lipinski definition) is 5. The highest BCUT2D eigenvalue weighted by Gasteiger charge is 2.49. The third kappa shape index (κ3) is 3.55. The van der Waals surface area contributed by atoms with Gasteiger partial charge in [-0.05, 0) is 61.6 Å². The summed E-state index contributed by atoms with van der Waals surface area (Å²) in [7, 11) is -3.77. The van der Waals surface area contributed by atoms with Gasteiger partial charge in [0.05, 0.1) is 9.82 Å². The molecule has 0 spiro atoms. The number of rotatable bonds is 6. The first-order valence-corrected chi connectivity index (χ1v) is 12.0. The summed E-state index contributed by atoms with van der Waals surface area (Å²) in [6.07, 6.45) is 3.56. The predicted octanol–water partition coefficient (Wildman–Crippen LogP) is 4.50. The van der Waals surface area contributed by atoms with Gasteiger partial charge < -0.3 is 5.32 Å². The van der Waals surface area contributed by atoms with Crippen LogP contribution in [0.2, 0.25) is 0 Å². The van der Waals surface area contributed by atoms with E-state index in [4.69, 9.17) is 0 Å². The molecule has 2 N–H and O–H groups in total. The fraction of sp³-hybridized carbons (Fsp3) is 0.333. The molecule has 1 aliphatic carbocycles. The van der Waals surface area contributed by atoms with Crippen molar-refractivity contribution in [1.82, 2.24) is 4.72 Å². The number of halogens is 1. The Morgan fingerprint density at radius 3 is 2.70 bits per heavy atom. The van der Waals surface area contributed by atoms with E-state index in [0.29, 0.717) is 6.42 Å². The summed E-state index contributed by atoms with van der Waals surface area (Å²) >= 11 is 3.56. The standard InChI is InChI=1S/C21H22BrN3O4S/c1-14-3-2-4-20-21(14,18-13-15(22)5-10-19(18)24-20)11-12-23-30(28,29)17-8-6-16(7-9-17)25(26)27/h5-10,13,20,23-24H,1-4,11-12H2/t20-,21-/m0/s1. The summed E-state index contributed by atoms with van der Waals surface area (Å²) < 4.78 is 29.0. The van der Waals surface area contributed by atoms with Crippen LogP contribution in [0, 0.1) is 10.1 Å². The Morgan fingerprint density at radius 2 is 2.00 bits per heavy atom. The van der Waals surface area contributed by atoms with E-state index in [0.717, 1.165) is 40.6 Å². The Hall–Kier alpha value is -2.23. The minimum atomic E-state index is -3.77. The lowest BCUT2D eigenvalue weighted by molar-refractivity contribution is -0.384. The molecule has 0 bridgehead atoms. The minimum Gasteiger partial charge on any atom is -0.381 e. The zero-order valence-corrected chi connectivity index (χ0v) is 18.6. The molecule has 1 saturated carbocycles. The van der Waals surface area contributed by atoms with E-state index in [1.54, 1.807) is 0 Å². The molecule has 0 saturated heterocycles. The average molecular weight is 492 g/mol. The number of anilines is 1. The van der Waals surface area contributed by atoms with Crippen LogP contribution in [-0.4, -0.2) is 25.9 Å². The van der Waals surface area contributed by atoms with Crippen LogP contribution >= 0.6 is 15.9 Å². The minimum absolute atomic E-state index is 0.0114. The number of benzene rings is 2. The normalized spacial score (nSPS) is 22.8. The number of fused-ring (bicyclic) bond motifs is 3. The largest absolute Gasteiger partial charge is 0.381 e. The Bertz CT molecular complexity index is 1120. The van der Waals surface area contributed by atoms with Gasteiger partial charge in [-0.2, -0.15) is 0 Å². The van der Waals surface area contributed by atoms with Gasteiger partial charge in [0.1, 0.15) is 0 Å². The van der Waals surface area contributed by atoms with Crippen LogP contribution < -0.4 is 10.0 Å². The highest BCUT2D eigenvalue weighted by Crippen LogP contribution is 2.53. The average Bonchev–Trinajstić information content (AvgIpc) is 3.03. The van der Waals surface area contributed by atoms with E-state index in [1.165, 1.54) is 24.3 Å². The van der Waals surface area contributed by atoms with E-state index in [9.17, 15) is 18.5 Å². The predicted molar refractivity (Wildman–Crippen MR) is 119 cm³/mol. The van der Waals surface area contributed by atoms with Crippen LogP contribution in [0.3, 0.4) is 0 Å². The van der Waals surface area contributed by atoms with Gasteiger partial charge in [0.25, 0.3) is 5.69 Å². The van der Waals surface area contributed by atoms with Crippen molar-refractivity contribution < 1.29 is 13.3 Å². The van der Waals surface area contributed by atoms with Crippen LogP contribution in [0.25, 0.3) is 0 Å². The van der Waals surface area contributed by atoms with Crippen molar-refractivity contribution in [2.75, 3.05) is 11.9 Å². The summed E-state index contributed by atoms with van der Waals surface area (Å²) in [6.45, 7) is 4.60. The maximum atomic E-state index is 12.7. The molecule has 2 aliphatic rings. The molecule has 158 valence electrons. The maximum Gasteiger partial charge on any atom is 0.269 e. The molecule has 9 heteroatoms. The fourth-order valence-corrected chi connectivity index (χ4v) is 6.10. The second-order valence-electron chi connectivity index (χ2n) is 7.75. The molecular formula is C21H22BrN3O4S. The maximum absolute atomic E-state index is 12.7. The molecule has 0 amide bonds. The van der Waals surface area contributed by atoms with Crippen molar-refractivity contribution >= 4 is 37.3 Å². The van der Waals surface area contributed by atoms with Gasteiger partial charge in [-0.15, -0.1) is 0 Å². The van der Waals surface area contributed by atoms with Gasteiger partial charge in [0.2, 0.25) is 10.0 Å². The lowest BCUT2D eigenvalue weighted by Gasteiger charge is -2.42. The van der Waals surface area contributed by atoms with Gasteiger partial charge in [0, 0.05) is 40.3 Å². The van der Waals surface area contributed by atoms with Gasteiger partial charge in [-0.3, -0.25) is 10.1 Å². The van der Waals surface area contributed by atoms with Crippen molar-refractivity contribution in [1.29, 1.82) is 0 Å². The number of nitro groups is 1. The molecular weight excluding hydrogens is 470 g/mol. The first kappa shape index (κ1) is 21.0. The first-order chi connectivity index (χ1) is 14.2. The third-order valence-corrected chi connectivity index (χ3v) is 8.13. The summed E-state index contributed by atoms with van der Waals surface area (Å²) in [5.41, 5.74) is 2.88. The quantitative estimate of drug-likeness (QED) is 0.351. The van der Waals surface area contributed by atoms with Crippen molar-refractivity contribution in [3.05, 3.63) is 74.8 Å². The Balaban J connectivity index is 1.56. The Kier molecular flexibility index (Phi) is 5.46. The molecule has 1 fully saturated rings. The number of nitrogens with zero attached hydrogens (tertiary/aromatic N) is 1. The van der Waals surface area contributed by atoms with Gasteiger partial charge in [0.15, 0.2) is 0 Å². The molecule has 1 aliphatic heterocycles. The molecule has 0 unspecified atom stereocenters. The van der Waals surface area contributed by atoms with Crippen LogP contribution in [-0.2, 0) is 15.4 Å². The lowest BCUT2D eigenvalue weighted by Crippen LogP contribution is -2.45. The molecule has 2 aromatic carbocycles. The second kappa shape index (κ2) is 7.79. The zero-order chi connectivity index (χ0) is 21.5. The van der Waals surface area contributed by atoms with Gasteiger partial charge in [-0.25, -0.2) is 13.1 Å². The molecule has 30 heavy (non-hydrogen) atoms. The SMILES string of the molecule is C=C1CCC[C@@H]2Nc3ccc(Br)cc3[C@]12CCNS(=O)(=O)c1ccc([N+](=O)[O-])cc1. The second-order valence-corrected chi connectivity index (χ2v) is 10.4. The van der Waals surface area contributed by atoms with Gasteiger partial charge in [-0.1, -0.05) is 28.1 Å². The molecule has 4 rings (SSSR count). The van der Waals surface area contributed by atoms with Crippen LogP contribution in [0.5, 0.6) is 0 Å². The number of nitro benzene ring substituents is 1. The van der Waals surface area contributed by atoms with Gasteiger partial charge >= 0.3 is 0 Å². The highest BCUT2D eigenvalue weighted by atomic mass is 79.9. The van der Waals surface area contributed by atoms with E-state index in [1.807, 2.05) is 12.1 Å². The van der Waals surface area contributed by atoms with E-state index in [-0.39, 0.29) is 28.6 Å². The lowest BCUT2D eigenvalue weighted by atomic mass is 9.63. The summed E-state index contributed by atoms with van der Waals surface area (Å²) in [6, 6.07) is 11.2. The van der Waals surface area contributed by atoms with Crippen LogP contribution in [0.15, 0.2) is 64.0 Å². The Labute approximate surface area is 183 Å². The highest BCUT2D eigenvalue weighted by molar-refractivity contribution is 9.10. The fourth-order valence-electron chi connectivity index (χ4n) is 4.71. The Morgan fingerprint density at radius 1 is 1.27 bits per heavy atom. The topological polar surface area (TPSA) is 101 Å². The number of hydrogen-bond donors (Lipinski definition) is 2. The van der Waals surface area contributed by atoms with Crippen LogP contribution in [0.4, 0.5) is 11.4 Å². The number of non-ortho nitro benzene ring substituents is 1. The van der Waals surface area contributed by atoms with Crippen LogP contribution in [0.1, 0.15) is 31.2 Å². The number of sulfonamides is 1. The molecule has 1 heterocycles. The van der Waals surface area contributed by atoms with Crippen molar-refractivity contribution in [2.24, 2.45) is 0 Å². The zero-order valence-electron chi connectivity index (χ0n) is 16.2. The van der Waals surface area contributed by atoms with Crippen molar-refractivity contribution in [3.63, 3.8) is 0 Å². The summed E-state index contributed by atoms with van der Waals surface area (Å²) in [5, 5.41) is 14.4. The first-order valence-electron chi connectivity index (χ1n) is 9.73. The molecule has 7 nitrogen and oxygen atoms in total. The smallest absolute Gasteiger partial charge is 0.269 e. The third-order valence-electron chi connectivity index (χ3n) is 6.16. The molecule has 0 aromatic heterocycles. The summed E-state index contributed by atoms with van der Waals surface area (Å²) in [4.78, 5) is 10.2. The molecule has 2 atom stereocenters. The monoisotopic (exact) mass is 491 g/mol. The van der Waals surface area contributed by atoms with E-state index >= 15 is 0 Å². The van der Waals surface area contributed by atoms with E-state index < -0.39 is 14.9 Å². The molecule has 0 radical (unpaired) electrons. The molecule has 2 aromatic rings. The number of nitrogens with one attached hydrogen (secondary N) is 2. The van der Waals surface area contributed by atoms with Crippen molar-refractivity contribution in [2.45, 2.75) is 42.0 Å². The summed E-state index contributed by atoms with van der Waals surface area (Å²) in [5.74, 6) is 0. The van der Waals surface area contributed by atoms with Crippen molar-refractivity contribution in [3.8, 4) is 0 Å².